The lowest BCUT2D eigenvalue weighted by Crippen LogP contribution is -2.32. The first-order valence-electron chi connectivity index (χ1n) is 5.77. The predicted octanol–water partition coefficient (Wildman–Crippen LogP) is 1.05. The molecule has 0 atom stereocenters. The highest BCUT2D eigenvalue weighted by molar-refractivity contribution is 6.09. The maximum Gasteiger partial charge on any atom is 0.226 e. The lowest BCUT2D eigenvalue weighted by Gasteiger charge is -2.12. The van der Waals surface area contributed by atoms with Crippen LogP contribution in [0, 0.1) is 5.41 Å². The van der Waals surface area contributed by atoms with Crippen LogP contribution in [-0.4, -0.2) is 24.1 Å². The molecular weight excluding hydrogens is 230 g/mol. The van der Waals surface area contributed by atoms with Gasteiger partial charge in [-0.25, -0.2) is 0 Å². The number of carbonyl (C=O) groups is 2. The van der Waals surface area contributed by atoms with Crippen molar-refractivity contribution in [2.24, 2.45) is 0 Å². The second kappa shape index (κ2) is 6.54. The van der Waals surface area contributed by atoms with Crippen molar-refractivity contribution in [2.45, 2.75) is 19.8 Å². The van der Waals surface area contributed by atoms with E-state index in [0.29, 0.717) is 18.7 Å². The molecule has 0 unspecified atom stereocenters. The van der Waals surface area contributed by atoms with E-state index in [-0.39, 0.29) is 23.9 Å². The lowest BCUT2D eigenvalue weighted by molar-refractivity contribution is -0.121. The topological polar surface area (TPSA) is 82.1 Å². The van der Waals surface area contributed by atoms with Crippen molar-refractivity contribution in [1.82, 2.24) is 10.6 Å². The summed E-state index contributed by atoms with van der Waals surface area (Å²) in [5.41, 5.74) is 1.42. The summed E-state index contributed by atoms with van der Waals surface area (Å²) in [4.78, 5) is 22.5. The van der Waals surface area contributed by atoms with Crippen LogP contribution < -0.4 is 10.6 Å². The van der Waals surface area contributed by atoms with E-state index in [1.165, 1.54) is 0 Å². The molecule has 3 N–H and O–H groups in total. The maximum absolute atomic E-state index is 11.6. The van der Waals surface area contributed by atoms with Gasteiger partial charge in [0, 0.05) is 19.4 Å². The van der Waals surface area contributed by atoms with Crippen LogP contribution in [0.3, 0.4) is 0 Å². The summed E-state index contributed by atoms with van der Waals surface area (Å²) >= 11 is 0. The van der Waals surface area contributed by atoms with Crippen LogP contribution in [0.1, 0.15) is 19.8 Å². The molecule has 0 spiro atoms. The van der Waals surface area contributed by atoms with Crippen molar-refractivity contribution in [3.8, 4) is 0 Å². The molecule has 1 rings (SSSR count). The van der Waals surface area contributed by atoms with Crippen LogP contribution in [-0.2, 0) is 9.59 Å². The molecule has 0 aromatic rings. The van der Waals surface area contributed by atoms with Crippen molar-refractivity contribution in [3.05, 3.63) is 36.1 Å². The van der Waals surface area contributed by atoms with E-state index in [1.54, 1.807) is 25.2 Å². The first-order chi connectivity index (χ1) is 8.52. The summed E-state index contributed by atoms with van der Waals surface area (Å²) in [7, 11) is 0. The van der Waals surface area contributed by atoms with Crippen LogP contribution in [0.5, 0.6) is 0 Å². The average Bonchev–Trinajstić information content (AvgIpc) is 2.33. The van der Waals surface area contributed by atoms with Gasteiger partial charge in [-0.1, -0.05) is 19.6 Å². The highest BCUT2D eigenvalue weighted by Crippen LogP contribution is 2.09. The quantitative estimate of drug-likeness (QED) is 0.678. The van der Waals surface area contributed by atoms with E-state index in [1.807, 2.05) is 0 Å². The number of nitrogens with one attached hydrogen (secondary N) is 3. The Kier molecular flexibility index (Phi) is 5.05. The molecule has 18 heavy (non-hydrogen) atoms. The Morgan fingerprint density at radius 3 is 2.72 bits per heavy atom. The molecule has 0 radical (unpaired) electrons. The molecule has 0 fully saturated rings. The fourth-order valence-corrected chi connectivity index (χ4v) is 1.35. The van der Waals surface area contributed by atoms with Gasteiger partial charge in [0.15, 0.2) is 0 Å². The van der Waals surface area contributed by atoms with Gasteiger partial charge in [0.2, 0.25) is 11.8 Å². The summed E-state index contributed by atoms with van der Waals surface area (Å²) in [5.74, 6) is -0.311. The second-order valence-corrected chi connectivity index (χ2v) is 3.88. The Morgan fingerprint density at radius 2 is 2.06 bits per heavy atom. The van der Waals surface area contributed by atoms with Crippen LogP contribution in [0.15, 0.2) is 36.1 Å². The largest absolute Gasteiger partial charge is 0.356 e. The highest BCUT2D eigenvalue weighted by atomic mass is 16.2. The molecular formula is C13H17N3O2. The summed E-state index contributed by atoms with van der Waals surface area (Å²) in [6.07, 6.45) is 5.52. The van der Waals surface area contributed by atoms with E-state index in [4.69, 9.17) is 5.41 Å². The zero-order valence-electron chi connectivity index (χ0n) is 10.4. The molecule has 0 heterocycles. The third-order valence-electron chi connectivity index (χ3n) is 2.35. The molecule has 0 aromatic heterocycles. The van der Waals surface area contributed by atoms with Gasteiger partial charge in [-0.15, -0.1) is 0 Å². The van der Waals surface area contributed by atoms with Gasteiger partial charge >= 0.3 is 0 Å². The van der Waals surface area contributed by atoms with Gasteiger partial charge in [0.25, 0.3) is 0 Å². The van der Waals surface area contributed by atoms with Gasteiger partial charge in [-0.2, -0.15) is 0 Å². The molecule has 0 saturated heterocycles. The minimum Gasteiger partial charge on any atom is -0.356 e. The van der Waals surface area contributed by atoms with Gasteiger partial charge in [0.05, 0.1) is 11.4 Å². The SMILES string of the molecule is C=C1C=CC(=N)C(NC(=O)CCNC(=O)CC)=C1. The summed E-state index contributed by atoms with van der Waals surface area (Å²) in [6, 6.07) is 0. The summed E-state index contributed by atoms with van der Waals surface area (Å²) < 4.78 is 0. The first-order valence-corrected chi connectivity index (χ1v) is 5.77. The van der Waals surface area contributed by atoms with Crippen molar-refractivity contribution in [2.75, 3.05) is 6.54 Å². The third kappa shape index (κ3) is 4.37. The first kappa shape index (κ1) is 13.9. The Bertz CT molecular complexity index is 447. The molecule has 0 aromatic carbocycles. The fraction of sp³-hybridized carbons (Fsp3) is 0.308. The monoisotopic (exact) mass is 247 g/mol. The molecule has 0 bridgehead atoms. The Balaban J connectivity index is 2.39. The number of carbonyl (C=O) groups excluding carboxylic acids is 2. The molecule has 0 aliphatic heterocycles. The van der Waals surface area contributed by atoms with Crippen molar-refractivity contribution >= 4 is 17.5 Å². The second-order valence-electron chi connectivity index (χ2n) is 3.88. The van der Waals surface area contributed by atoms with Crippen molar-refractivity contribution in [3.63, 3.8) is 0 Å². The number of hydrogen-bond acceptors (Lipinski definition) is 3. The van der Waals surface area contributed by atoms with Crippen LogP contribution in [0.2, 0.25) is 0 Å². The standard InChI is InChI=1S/C13H17N3O2/c1-3-12(17)15-7-6-13(18)16-11-8-9(2)4-5-10(11)14/h4-5,8,14H,2-3,6-7H2,1H3,(H,15,17)(H,16,18). The highest BCUT2D eigenvalue weighted by Gasteiger charge is 2.10. The number of rotatable bonds is 5. The molecule has 1 aliphatic carbocycles. The van der Waals surface area contributed by atoms with Crippen molar-refractivity contribution in [1.29, 1.82) is 5.41 Å². The van der Waals surface area contributed by atoms with Gasteiger partial charge in [0.1, 0.15) is 0 Å². The molecule has 1 aliphatic rings. The van der Waals surface area contributed by atoms with E-state index >= 15 is 0 Å². The summed E-state index contributed by atoms with van der Waals surface area (Å²) in [5, 5.41) is 12.9. The van der Waals surface area contributed by atoms with Crippen molar-refractivity contribution < 1.29 is 9.59 Å². The van der Waals surface area contributed by atoms with Crippen LogP contribution in [0.4, 0.5) is 0 Å². The van der Waals surface area contributed by atoms with E-state index < -0.39 is 0 Å². The Hall–Kier alpha value is -2.17. The molecule has 5 nitrogen and oxygen atoms in total. The zero-order valence-corrected chi connectivity index (χ0v) is 10.4. The van der Waals surface area contributed by atoms with Gasteiger partial charge < -0.3 is 10.6 Å². The molecule has 5 heteroatoms. The Morgan fingerprint density at radius 1 is 1.33 bits per heavy atom. The average molecular weight is 247 g/mol. The number of amides is 2. The number of hydrogen-bond donors (Lipinski definition) is 3. The predicted molar refractivity (Wildman–Crippen MR) is 70.2 cm³/mol. The van der Waals surface area contributed by atoms with Gasteiger partial charge in [-0.05, 0) is 17.7 Å². The number of allylic oxidation sites excluding steroid dienone is 4. The van der Waals surface area contributed by atoms with E-state index in [9.17, 15) is 9.59 Å². The maximum atomic E-state index is 11.6. The van der Waals surface area contributed by atoms with Gasteiger partial charge in [-0.3, -0.25) is 15.0 Å². The molecule has 96 valence electrons. The summed E-state index contributed by atoms with van der Waals surface area (Å²) in [6.45, 7) is 5.79. The fourth-order valence-electron chi connectivity index (χ4n) is 1.35. The van der Waals surface area contributed by atoms with E-state index in [2.05, 4.69) is 17.2 Å². The Labute approximate surface area is 106 Å². The van der Waals surface area contributed by atoms with E-state index in [0.717, 1.165) is 5.57 Å². The minimum absolute atomic E-state index is 0.0799. The van der Waals surface area contributed by atoms with Crippen LogP contribution >= 0.6 is 0 Å². The lowest BCUT2D eigenvalue weighted by atomic mass is 10.1. The third-order valence-corrected chi connectivity index (χ3v) is 2.35. The van der Waals surface area contributed by atoms with Crippen LogP contribution in [0.25, 0.3) is 0 Å². The molecule has 0 saturated carbocycles. The normalized spacial score (nSPS) is 14.2. The molecule has 2 amide bonds. The zero-order chi connectivity index (χ0) is 13.5. The smallest absolute Gasteiger partial charge is 0.226 e. The minimum atomic E-state index is -0.231.